The Balaban J connectivity index is 1.17. The van der Waals surface area contributed by atoms with E-state index in [1.165, 1.54) is 11.8 Å². The van der Waals surface area contributed by atoms with Crippen LogP contribution < -0.4 is 10.6 Å². The third-order valence-electron chi connectivity index (χ3n) is 6.38. The summed E-state index contributed by atoms with van der Waals surface area (Å²) in [6.45, 7) is 3.68. The largest absolute Gasteiger partial charge is 0.387 e. The number of alkyl halides is 1. The van der Waals surface area contributed by atoms with Gasteiger partial charge in [-0.05, 0) is 38.1 Å². The number of carbonyl (C=O) groups is 1. The molecule has 0 bridgehead atoms. The van der Waals surface area contributed by atoms with Crippen molar-refractivity contribution in [3.8, 4) is 0 Å². The number of likely N-dealkylation sites (tertiary alicyclic amines) is 1. The van der Waals surface area contributed by atoms with Crippen LogP contribution in [0, 0.1) is 6.92 Å². The van der Waals surface area contributed by atoms with Gasteiger partial charge in [-0.2, -0.15) is 0 Å². The highest BCUT2D eigenvalue weighted by molar-refractivity contribution is 8.00. The molecule has 0 unspecified atom stereocenters. The van der Waals surface area contributed by atoms with Crippen LogP contribution in [0.2, 0.25) is 0 Å². The number of aromatic nitrogens is 2. The number of halogens is 1. The summed E-state index contributed by atoms with van der Waals surface area (Å²) in [6.07, 6.45) is -1.15. The van der Waals surface area contributed by atoms with Crippen LogP contribution >= 0.6 is 11.8 Å². The van der Waals surface area contributed by atoms with Crippen molar-refractivity contribution >= 4 is 34.4 Å². The fourth-order valence-corrected chi connectivity index (χ4v) is 5.34. The Morgan fingerprint density at radius 3 is 3.00 bits per heavy atom. The van der Waals surface area contributed by atoms with Crippen LogP contribution in [0.1, 0.15) is 29.5 Å². The van der Waals surface area contributed by atoms with Gasteiger partial charge in [0.25, 0.3) is 0 Å². The minimum atomic E-state index is -1.05. The molecule has 3 N–H and O–H groups in total. The van der Waals surface area contributed by atoms with Gasteiger partial charge >= 0.3 is 0 Å². The standard InChI is InChI=1S/C25H28FN5O2S/c1-15-5-6-16-3-2-4-18(24(16)28-15)21(32)13-31-10-9-20(19(26)12-31)27-11-17-7-8-22-25(29-17)30-23(33)14-34-22/h2-8,19-21,27,32H,9-14H2,1H3,(H,29,30,33)/t19-,20+,21+/m1/s1. The molecule has 0 aliphatic carbocycles. The Labute approximate surface area is 202 Å². The molecule has 1 aromatic carbocycles. The zero-order valence-electron chi connectivity index (χ0n) is 19.0. The van der Waals surface area contributed by atoms with Gasteiger partial charge in [0.15, 0.2) is 0 Å². The normalized spacial score (nSPS) is 21.8. The second-order valence-corrected chi connectivity index (χ2v) is 9.94. The number of carbonyl (C=O) groups excluding carboxylic acids is 1. The third kappa shape index (κ3) is 5.07. The van der Waals surface area contributed by atoms with Crippen molar-refractivity contribution in [3.63, 3.8) is 0 Å². The molecule has 1 fully saturated rings. The van der Waals surface area contributed by atoms with Crippen molar-refractivity contribution in [2.75, 3.05) is 30.7 Å². The molecule has 7 nitrogen and oxygen atoms in total. The molecular formula is C25H28FN5O2S. The van der Waals surface area contributed by atoms with Crippen molar-refractivity contribution in [1.29, 1.82) is 0 Å². The minimum Gasteiger partial charge on any atom is -0.387 e. The van der Waals surface area contributed by atoms with Gasteiger partial charge in [-0.1, -0.05) is 24.3 Å². The number of amides is 1. The quantitative estimate of drug-likeness (QED) is 0.498. The number of benzene rings is 1. The number of aliphatic hydroxyl groups excluding tert-OH is 1. The predicted octanol–water partition coefficient (Wildman–Crippen LogP) is 3.22. The summed E-state index contributed by atoms with van der Waals surface area (Å²) >= 11 is 1.47. The van der Waals surface area contributed by atoms with Gasteiger partial charge in [0.1, 0.15) is 12.0 Å². The number of aliphatic hydroxyl groups is 1. The third-order valence-corrected chi connectivity index (χ3v) is 7.43. The average molecular weight is 482 g/mol. The van der Waals surface area contributed by atoms with Crippen LogP contribution in [0.15, 0.2) is 47.4 Å². The molecule has 3 atom stereocenters. The monoisotopic (exact) mass is 481 g/mol. The van der Waals surface area contributed by atoms with Crippen LogP contribution in [0.5, 0.6) is 0 Å². The van der Waals surface area contributed by atoms with Gasteiger partial charge in [0, 0.05) is 42.3 Å². The maximum absolute atomic E-state index is 15.0. The van der Waals surface area contributed by atoms with E-state index >= 15 is 4.39 Å². The number of pyridine rings is 2. The number of β-amino-alcohol motifs (C(OH)–C–C–N with tert-alkyl or cyclic N) is 1. The van der Waals surface area contributed by atoms with Crippen LogP contribution in [0.25, 0.3) is 10.9 Å². The molecule has 4 heterocycles. The first-order chi connectivity index (χ1) is 16.5. The fraction of sp³-hybridized carbons (Fsp3) is 0.400. The Bertz CT molecular complexity index is 1210. The maximum Gasteiger partial charge on any atom is 0.235 e. The first-order valence-electron chi connectivity index (χ1n) is 11.5. The van der Waals surface area contributed by atoms with Crippen molar-refractivity contribution in [1.82, 2.24) is 20.2 Å². The molecule has 34 heavy (non-hydrogen) atoms. The Morgan fingerprint density at radius 1 is 1.26 bits per heavy atom. The number of hydrogen-bond acceptors (Lipinski definition) is 7. The van der Waals surface area contributed by atoms with Crippen LogP contribution in [-0.2, 0) is 11.3 Å². The minimum absolute atomic E-state index is 0.0529. The number of para-hydroxylation sites is 1. The molecule has 3 aromatic rings. The van der Waals surface area contributed by atoms with Gasteiger partial charge in [-0.3, -0.25) is 14.7 Å². The highest BCUT2D eigenvalue weighted by Crippen LogP contribution is 2.30. The lowest BCUT2D eigenvalue weighted by Gasteiger charge is -2.36. The molecule has 1 amide bonds. The number of piperidine rings is 1. The van der Waals surface area contributed by atoms with E-state index in [-0.39, 0.29) is 18.5 Å². The van der Waals surface area contributed by atoms with E-state index < -0.39 is 12.3 Å². The molecule has 5 rings (SSSR count). The summed E-state index contributed by atoms with van der Waals surface area (Å²) in [5.74, 6) is 0.932. The van der Waals surface area contributed by atoms with Crippen molar-refractivity contribution < 1.29 is 14.3 Å². The molecule has 2 aliphatic heterocycles. The molecule has 0 spiro atoms. The average Bonchev–Trinajstić information content (AvgIpc) is 2.82. The van der Waals surface area contributed by atoms with E-state index in [9.17, 15) is 9.90 Å². The van der Waals surface area contributed by atoms with Gasteiger partial charge in [-0.15, -0.1) is 11.8 Å². The van der Waals surface area contributed by atoms with Crippen molar-refractivity contribution in [2.45, 2.75) is 43.1 Å². The number of rotatable bonds is 6. The number of nitrogens with one attached hydrogen (secondary N) is 2. The Kier molecular flexibility index (Phi) is 6.78. The predicted molar refractivity (Wildman–Crippen MR) is 132 cm³/mol. The summed E-state index contributed by atoms with van der Waals surface area (Å²) in [6, 6.07) is 13.3. The zero-order chi connectivity index (χ0) is 23.7. The summed E-state index contributed by atoms with van der Waals surface area (Å²) in [5.41, 5.74) is 3.25. The van der Waals surface area contributed by atoms with Crippen LogP contribution in [0.3, 0.4) is 0 Å². The van der Waals surface area contributed by atoms with E-state index in [0.29, 0.717) is 37.6 Å². The Morgan fingerprint density at radius 2 is 2.15 bits per heavy atom. The number of anilines is 1. The van der Waals surface area contributed by atoms with Crippen molar-refractivity contribution in [3.05, 3.63) is 59.4 Å². The van der Waals surface area contributed by atoms with E-state index in [4.69, 9.17) is 0 Å². The van der Waals surface area contributed by atoms with E-state index in [1.54, 1.807) is 0 Å². The molecule has 1 saturated heterocycles. The SMILES string of the molecule is Cc1ccc2cccc([C@@H](O)CN3CC[C@H](NCc4ccc5c(n4)NC(=O)CS5)[C@H](F)C3)c2n1. The number of hydrogen-bond donors (Lipinski definition) is 3. The second-order valence-electron chi connectivity index (χ2n) is 8.93. The van der Waals surface area contributed by atoms with Gasteiger partial charge in [0.05, 0.1) is 28.0 Å². The molecule has 178 valence electrons. The van der Waals surface area contributed by atoms with Crippen LogP contribution in [0.4, 0.5) is 10.2 Å². The van der Waals surface area contributed by atoms with E-state index in [1.807, 2.05) is 54.3 Å². The fourth-order valence-electron chi connectivity index (χ4n) is 4.58. The molecule has 9 heteroatoms. The van der Waals surface area contributed by atoms with Crippen LogP contribution in [-0.4, -0.2) is 63.5 Å². The molecule has 0 radical (unpaired) electrons. The molecule has 2 aromatic heterocycles. The van der Waals surface area contributed by atoms with E-state index in [0.717, 1.165) is 32.7 Å². The summed E-state index contributed by atoms with van der Waals surface area (Å²) in [4.78, 5) is 23.6. The Hall–Kier alpha value is -2.59. The summed E-state index contributed by atoms with van der Waals surface area (Å²) < 4.78 is 15.0. The van der Waals surface area contributed by atoms with Gasteiger partial charge < -0.3 is 15.7 Å². The van der Waals surface area contributed by atoms with E-state index in [2.05, 4.69) is 20.6 Å². The highest BCUT2D eigenvalue weighted by atomic mass is 32.2. The first kappa shape index (κ1) is 23.2. The summed E-state index contributed by atoms with van der Waals surface area (Å²) in [5, 5.41) is 18.0. The lowest BCUT2D eigenvalue weighted by Crippen LogP contribution is -2.51. The molecule has 0 saturated carbocycles. The second kappa shape index (κ2) is 9.95. The smallest absolute Gasteiger partial charge is 0.235 e. The van der Waals surface area contributed by atoms with Crippen molar-refractivity contribution in [2.24, 2.45) is 0 Å². The number of nitrogens with zero attached hydrogens (tertiary/aromatic N) is 3. The van der Waals surface area contributed by atoms with Gasteiger partial charge in [0.2, 0.25) is 5.91 Å². The first-order valence-corrected chi connectivity index (χ1v) is 12.5. The number of thioether (sulfide) groups is 1. The highest BCUT2D eigenvalue weighted by Gasteiger charge is 2.30. The summed E-state index contributed by atoms with van der Waals surface area (Å²) in [7, 11) is 0. The number of aryl methyl sites for hydroxylation is 1. The lowest BCUT2D eigenvalue weighted by atomic mass is 10.00. The lowest BCUT2D eigenvalue weighted by molar-refractivity contribution is -0.113. The molecule has 2 aliphatic rings. The number of fused-ring (bicyclic) bond motifs is 2. The van der Waals surface area contributed by atoms with Gasteiger partial charge in [-0.25, -0.2) is 9.37 Å². The molecular weight excluding hydrogens is 453 g/mol. The maximum atomic E-state index is 15.0. The topological polar surface area (TPSA) is 90.4 Å². The zero-order valence-corrected chi connectivity index (χ0v) is 19.8.